The monoisotopic (exact) mass is 294 g/mol. The van der Waals surface area contributed by atoms with E-state index in [1.54, 1.807) is 0 Å². The SMILES string of the molecule is CS(=O)(=O)c1ccc(NC(=O)c2ccc(F)cc2)cn1. The van der Waals surface area contributed by atoms with E-state index in [-0.39, 0.29) is 5.03 Å². The Morgan fingerprint density at radius 2 is 1.80 bits per heavy atom. The molecule has 2 rings (SSSR count). The van der Waals surface area contributed by atoms with Crippen molar-refractivity contribution in [1.29, 1.82) is 0 Å². The molecule has 2 aromatic rings. The molecule has 0 spiro atoms. The van der Waals surface area contributed by atoms with Crippen LogP contribution in [0.25, 0.3) is 0 Å². The summed E-state index contributed by atoms with van der Waals surface area (Å²) in [5, 5.41) is 2.47. The van der Waals surface area contributed by atoms with Crippen molar-refractivity contribution in [3.63, 3.8) is 0 Å². The van der Waals surface area contributed by atoms with E-state index in [0.717, 1.165) is 6.26 Å². The van der Waals surface area contributed by atoms with Crippen LogP contribution in [0.3, 0.4) is 0 Å². The average Bonchev–Trinajstić information content (AvgIpc) is 2.39. The van der Waals surface area contributed by atoms with E-state index in [2.05, 4.69) is 10.3 Å². The summed E-state index contributed by atoms with van der Waals surface area (Å²) < 4.78 is 35.2. The number of anilines is 1. The molecule has 1 amide bonds. The fourth-order valence-corrected chi connectivity index (χ4v) is 2.04. The first-order valence-corrected chi connectivity index (χ1v) is 7.48. The molecule has 0 radical (unpaired) electrons. The molecule has 0 saturated heterocycles. The molecule has 1 N–H and O–H groups in total. The van der Waals surface area contributed by atoms with Crippen molar-refractivity contribution in [3.8, 4) is 0 Å². The molecule has 0 fully saturated rings. The lowest BCUT2D eigenvalue weighted by molar-refractivity contribution is 0.102. The number of carbonyl (C=O) groups is 1. The molecule has 0 bridgehead atoms. The minimum Gasteiger partial charge on any atom is -0.321 e. The van der Waals surface area contributed by atoms with Crippen molar-refractivity contribution in [2.24, 2.45) is 0 Å². The van der Waals surface area contributed by atoms with Gasteiger partial charge in [-0.25, -0.2) is 17.8 Å². The number of pyridine rings is 1. The lowest BCUT2D eigenvalue weighted by atomic mass is 10.2. The number of aromatic nitrogens is 1. The van der Waals surface area contributed by atoms with Gasteiger partial charge in [-0.05, 0) is 36.4 Å². The number of halogens is 1. The van der Waals surface area contributed by atoms with Gasteiger partial charge in [-0.15, -0.1) is 0 Å². The first kappa shape index (κ1) is 14.1. The maximum absolute atomic E-state index is 12.7. The maximum atomic E-state index is 12.7. The standard InChI is InChI=1S/C13H11FN2O3S/c1-20(18,19)12-7-6-11(8-15-12)16-13(17)9-2-4-10(14)5-3-9/h2-8H,1H3,(H,16,17). The highest BCUT2D eigenvalue weighted by atomic mass is 32.2. The first-order chi connectivity index (χ1) is 9.36. The number of nitrogens with one attached hydrogen (secondary N) is 1. The van der Waals surface area contributed by atoms with Crippen molar-refractivity contribution < 1.29 is 17.6 Å². The Hall–Kier alpha value is -2.28. The van der Waals surface area contributed by atoms with E-state index < -0.39 is 21.6 Å². The number of hydrogen-bond acceptors (Lipinski definition) is 4. The second kappa shape index (κ2) is 5.38. The van der Waals surface area contributed by atoms with Crippen LogP contribution in [0.15, 0.2) is 47.6 Å². The number of benzene rings is 1. The third-order valence-corrected chi connectivity index (χ3v) is 3.48. The Bertz CT molecular complexity index is 725. The van der Waals surface area contributed by atoms with E-state index in [9.17, 15) is 17.6 Å². The van der Waals surface area contributed by atoms with Gasteiger partial charge in [0, 0.05) is 11.8 Å². The van der Waals surface area contributed by atoms with Crippen LogP contribution in [0, 0.1) is 5.82 Å². The number of amides is 1. The molecule has 104 valence electrons. The summed E-state index contributed by atoms with van der Waals surface area (Å²) in [6.07, 6.45) is 2.30. The zero-order chi connectivity index (χ0) is 14.8. The van der Waals surface area contributed by atoms with Gasteiger partial charge in [0.1, 0.15) is 5.82 Å². The lowest BCUT2D eigenvalue weighted by Gasteiger charge is -2.05. The summed E-state index contributed by atoms with van der Waals surface area (Å²) in [7, 11) is -3.37. The van der Waals surface area contributed by atoms with E-state index in [0.29, 0.717) is 11.3 Å². The summed E-state index contributed by atoms with van der Waals surface area (Å²) in [4.78, 5) is 15.6. The highest BCUT2D eigenvalue weighted by molar-refractivity contribution is 7.90. The van der Waals surface area contributed by atoms with Crippen LogP contribution in [0.1, 0.15) is 10.4 Å². The van der Waals surface area contributed by atoms with Crippen LogP contribution in [0.5, 0.6) is 0 Å². The number of nitrogens with zero attached hydrogens (tertiary/aromatic N) is 1. The molecule has 1 heterocycles. The highest BCUT2D eigenvalue weighted by Gasteiger charge is 2.10. The van der Waals surface area contributed by atoms with E-state index >= 15 is 0 Å². The highest BCUT2D eigenvalue weighted by Crippen LogP contribution is 2.12. The molecule has 0 aliphatic heterocycles. The molecule has 5 nitrogen and oxygen atoms in total. The molecule has 1 aromatic carbocycles. The van der Waals surface area contributed by atoms with E-state index in [1.807, 2.05) is 0 Å². The van der Waals surface area contributed by atoms with Gasteiger partial charge in [-0.1, -0.05) is 0 Å². The zero-order valence-corrected chi connectivity index (χ0v) is 11.3. The molecule has 0 aliphatic carbocycles. The molecule has 0 atom stereocenters. The second-order valence-electron chi connectivity index (χ2n) is 4.12. The molecule has 0 unspecified atom stereocenters. The van der Waals surface area contributed by atoms with Gasteiger partial charge in [-0.3, -0.25) is 4.79 Å². The average molecular weight is 294 g/mol. The van der Waals surface area contributed by atoms with Crippen molar-refractivity contribution in [1.82, 2.24) is 4.98 Å². The number of sulfone groups is 1. The van der Waals surface area contributed by atoms with Crippen LogP contribution in [0.4, 0.5) is 10.1 Å². The predicted octanol–water partition coefficient (Wildman–Crippen LogP) is 1.88. The zero-order valence-electron chi connectivity index (χ0n) is 10.5. The third kappa shape index (κ3) is 3.39. The second-order valence-corrected chi connectivity index (χ2v) is 6.08. The largest absolute Gasteiger partial charge is 0.321 e. The summed E-state index contributed by atoms with van der Waals surface area (Å²) in [5.74, 6) is -0.861. The van der Waals surface area contributed by atoms with Gasteiger partial charge < -0.3 is 5.32 Å². The Balaban J connectivity index is 2.14. The Morgan fingerprint density at radius 3 is 2.30 bits per heavy atom. The number of hydrogen-bond donors (Lipinski definition) is 1. The molecule has 7 heteroatoms. The van der Waals surface area contributed by atoms with Gasteiger partial charge in [0.2, 0.25) is 0 Å². The molecular formula is C13H11FN2O3S. The summed E-state index contributed by atoms with van der Waals surface area (Å²) >= 11 is 0. The Labute approximate surface area is 115 Å². The molecule has 0 aliphatic rings. The predicted molar refractivity (Wildman–Crippen MR) is 71.7 cm³/mol. The van der Waals surface area contributed by atoms with Crippen LogP contribution < -0.4 is 5.32 Å². The summed E-state index contributed by atoms with van der Waals surface area (Å²) in [5.41, 5.74) is 0.644. The van der Waals surface area contributed by atoms with Crippen molar-refractivity contribution >= 4 is 21.4 Å². The van der Waals surface area contributed by atoms with Gasteiger partial charge in [0.25, 0.3) is 5.91 Å². The minimum absolute atomic E-state index is 0.0720. The van der Waals surface area contributed by atoms with Crippen molar-refractivity contribution in [2.45, 2.75) is 5.03 Å². The van der Waals surface area contributed by atoms with E-state index in [1.165, 1.54) is 42.6 Å². The fourth-order valence-electron chi connectivity index (χ4n) is 1.48. The third-order valence-electron chi connectivity index (χ3n) is 2.48. The van der Waals surface area contributed by atoms with Gasteiger partial charge in [0.05, 0.1) is 11.9 Å². The maximum Gasteiger partial charge on any atom is 0.255 e. The minimum atomic E-state index is -3.37. The van der Waals surface area contributed by atoms with Gasteiger partial charge >= 0.3 is 0 Å². The topological polar surface area (TPSA) is 76.1 Å². The van der Waals surface area contributed by atoms with Crippen molar-refractivity contribution in [3.05, 3.63) is 54.0 Å². The van der Waals surface area contributed by atoms with Crippen molar-refractivity contribution in [2.75, 3.05) is 11.6 Å². The van der Waals surface area contributed by atoms with Crippen LogP contribution >= 0.6 is 0 Å². The first-order valence-electron chi connectivity index (χ1n) is 5.59. The summed E-state index contributed by atoms with van der Waals surface area (Å²) in [6.45, 7) is 0. The van der Waals surface area contributed by atoms with E-state index in [4.69, 9.17) is 0 Å². The summed E-state index contributed by atoms with van der Waals surface area (Å²) in [6, 6.07) is 7.80. The van der Waals surface area contributed by atoms with Crippen LogP contribution in [0.2, 0.25) is 0 Å². The Kier molecular flexibility index (Phi) is 3.80. The number of rotatable bonds is 3. The van der Waals surface area contributed by atoms with Crippen LogP contribution in [-0.2, 0) is 9.84 Å². The molecule has 0 saturated carbocycles. The normalized spacial score (nSPS) is 11.1. The molecular weight excluding hydrogens is 283 g/mol. The lowest BCUT2D eigenvalue weighted by Crippen LogP contribution is -2.12. The van der Waals surface area contributed by atoms with Gasteiger partial charge in [0.15, 0.2) is 14.9 Å². The quantitative estimate of drug-likeness (QED) is 0.937. The molecule has 20 heavy (non-hydrogen) atoms. The van der Waals surface area contributed by atoms with Gasteiger partial charge in [-0.2, -0.15) is 0 Å². The fraction of sp³-hybridized carbons (Fsp3) is 0.0769. The smallest absolute Gasteiger partial charge is 0.255 e. The molecule has 1 aromatic heterocycles. The Morgan fingerprint density at radius 1 is 1.15 bits per heavy atom. The number of carbonyl (C=O) groups excluding carboxylic acids is 1. The van der Waals surface area contributed by atoms with Crippen LogP contribution in [-0.4, -0.2) is 25.6 Å².